The molecule has 0 aromatic carbocycles. The van der Waals surface area contributed by atoms with Gasteiger partial charge in [0.05, 0.1) is 12.6 Å². The van der Waals surface area contributed by atoms with E-state index in [-0.39, 0.29) is 6.29 Å². The molecular weight excluding hydrogens is 326 g/mol. The normalized spacial score (nSPS) is 19.1. The van der Waals surface area contributed by atoms with Gasteiger partial charge in [0.2, 0.25) is 0 Å². The minimum Gasteiger partial charge on any atom is -0.388 e. The number of aldehydes is 1. The molecule has 0 aromatic rings. The lowest BCUT2D eigenvalue weighted by Crippen LogP contribution is -2.52. The van der Waals surface area contributed by atoms with E-state index in [1.165, 1.54) is 0 Å². The van der Waals surface area contributed by atoms with Crippen LogP contribution in [0.25, 0.3) is 0 Å². The van der Waals surface area contributed by atoms with Gasteiger partial charge in [0, 0.05) is 0 Å². The molecule has 12 nitrogen and oxygen atoms in total. The third-order valence-corrected chi connectivity index (χ3v) is 2.79. The molecule has 0 bridgehead atoms. The van der Waals surface area contributed by atoms with Gasteiger partial charge >= 0.3 is 20.8 Å². The molecule has 0 unspecified atom stereocenters. The highest BCUT2D eigenvalue weighted by atomic mass is 32.3. The predicted molar refractivity (Wildman–Crippen MR) is 60.0 cm³/mol. The number of nitrogens with two attached hydrogens (primary N) is 1. The highest BCUT2D eigenvalue weighted by molar-refractivity contribution is 7.81. The molecule has 120 valence electrons. The largest absolute Gasteiger partial charge is 0.397 e. The van der Waals surface area contributed by atoms with Crippen LogP contribution in [0, 0.1) is 0 Å². The molecule has 0 saturated heterocycles. The summed E-state index contributed by atoms with van der Waals surface area (Å²) in [7, 11) is -10.1. The fourth-order valence-corrected chi connectivity index (χ4v) is 1.87. The Morgan fingerprint density at radius 2 is 1.60 bits per heavy atom. The van der Waals surface area contributed by atoms with E-state index in [2.05, 4.69) is 8.37 Å². The van der Waals surface area contributed by atoms with Gasteiger partial charge in [0.15, 0.2) is 0 Å². The Balaban J connectivity index is 5.05. The summed E-state index contributed by atoms with van der Waals surface area (Å²) in [6.07, 6.45) is -6.51. The van der Waals surface area contributed by atoms with Crippen LogP contribution in [0.2, 0.25) is 0 Å². The van der Waals surface area contributed by atoms with Crippen molar-refractivity contribution in [1.82, 2.24) is 0 Å². The van der Waals surface area contributed by atoms with E-state index in [9.17, 15) is 31.8 Å². The molecule has 0 aromatic heterocycles. The Bertz CT molecular complexity index is 513. The smallest absolute Gasteiger partial charge is 0.388 e. The van der Waals surface area contributed by atoms with Crippen molar-refractivity contribution in [3.63, 3.8) is 0 Å². The summed E-state index contributed by atoms with van der Waals surface area (Å²) >= 11 is 0. The number of aliphatic hydroxyl groups is 2. The Hall–Kier alpha value is -0.710. The summed E-state index contributed by atoms with van der Waals surface area (Å²) in [6.45, 7) is -1.23. The molecule has 0 spiro atoms. The average molecular weight is 339 g/mol. The molecule has 20 heavy (non-hydrogen) atoms. The molecule has 0 saturated carbocycles. The van der Waals surface area contributed by atoms with Crippen molar-refractivity contribution in [2.75, 3.05) is 6.61 Å². The van der Waals surface area contributed by atoms with Crippen molar-refractivity contribution in [2.24, 2.45) is 5.73 Å². The third-order valence-electron chi connectivity index (χ3n) is 1.89. The number of carbonyl (C=O) groups excluding carboxylic acids is 1. The van der Waals surface area contributed by atoms with Gasteiger partial charge in [-0.15, -0.1) is 0 Å². The van der Waals surface area contributed by atoms with Crippen LogP contribution in [-0.2, 0) is 34.0 Å². The fourth-order valence-electron chi connectivity index (χ4n) is 1.04. The van der Waals surface area contributed by atoms with Crippen LogP contribution in [0.15, 0.2) is 0 Å². The van der Waals surface area contributed by atoms with Gasteiger partial charge in [0.1, 0.15) is 24.6 Å². The zero-order chi connectivity index (χ0) is 16.1. The highest BCUT2D eigenvalue weighted by Crippen LogP contribution is 2.12. The topological polar surface area (TPSA) is 211 Å². The van der Waals surface area contributed by atoms with Crippen molar-refractivity contribution >= 4 is 27.1 Å². The Kier molecular flexibility index (Phi) is 7.08. The molecule has 0 radical (unpaired) electrons. The van der Waals surface area contributed by atoms with Crippen LogP contribution < -0.4 is 5.73 Å². The van der Waals surface area contributed by atoms with E-state index in [1.54, 1.807) is 0 Å². The lowest BCUT2D eigenvalue weighted by Gasteiger charge is -2.26. The molecule has 0 fully saturated rings. The lowest BCUT2D eigenvalue weighted by atomic mass is 10.0. The number of hydrogen-bond acceptors (Lipinski definition) is 10. The summed E-state index contributed by atoms with van der Waals surface area (Å²) in [4.78, 5) is 10.4. The van der Waals surface area contributed by atoms with Crippen molar-refractivity contribution in [1.29, 1.82) is 0 Å². The summed E-state index contributed by atoms with van der Waals surface area (Å²) < 4.78 is 66.0. The second-order valence-electron chi connectivity index (χ2n) is 3.47. The second-order valence-corrected chi connectivity index (χ2v) is 5.61. The minimum absolute atomic E-state index is 0.0125. The van der Waals surface area contributed by atoms with E-state index in [4.69, 9.17) is 14.8 Å². The SMILES string of the molecule is N[C@@H](C=O)[C@@H](O)[C@@H](OS(=O)(=O)O)[C@H](O)COS(=O)(=O)O. The fraction of sp³-hybridized carbons (Fsp3) is 0.833. The van der Waals surface area contributed by atoms with Crippen LogP contribution in [0.3, 0.4) is 0 Å². The zero-order valence-corrected chi connectivity index (χ0v) is 11.3. The zero-order valence-electron chi connectivity index (χ0n) is 9.63. The first-order chi connectivity index (χ1) is 8.87. The quantitative estimate of drug-likeness (QED) is 0.202. The number of hydrogen-bond donors (Lipinski definition) is 5. The van der Waals surface area contributed by atoms with Gasteiger partial charge in [-0.05, 0) is 0 Å². The Morgan fingerprint density at radius 1 is 1.10 bits per heavy atom. The number of rotatable bonds is 9. The molecule has 0 rings (SSSR count). The molecule has 0 aliphatic carbocycles. The Morgan fingerprint density at radius 3 is 1.95 bits per heavy atom. The Labute approximate surface area is 114 Å². The van der Waals surface area contributed by atoms with Gasteiger partial charge < -0.3 is 20.7 Å². The first-order valence-electron chi connectivity index (χ1n) is 4.72. The average Bonchev–Trinajstić information content (AvgIpc) is 2.29. The highest BCUT2D eigenvalue weighted by Gasteiger charge is 2.36. The van der Waals surface area contributed by atoms with Crippen LogP contribution >= 0.6 is 0 Å². The molecule has 0 heterocycles. The van der Waals surface area contributed by atoms with Gasteiger partial charge in [-0.25, -0.2) is 8.37 Å². The maximum absolute atomic E-state index is 10.5. The lowest BCUT2D eigenvalue weighted by molar-refractivity contribution is -0.116. The van der Waals surface area contributed by atoms with Crippen molar-refractivity contribution in [3.05, 3.63) is 0 Å². The standard InChI is InChI=1S/C6H13NO11S2/c7-3(1-8)5(10)6(18-20(14,15)16)4(9)2-17-19(11,12)13/h1,3-6,9-10H,2,7H2,(H,11,12,13)(H,14,15,16)/t3-,4+,5+,6-/m0/s1. The summed E-state index contributed by atoms with van der Waals surface area (Å²) in [5, 5.41) is 18.9. The minimum atomic E-state index is -5.17. The van der Waals surface area contributed by atoms with Crippen molar-refractivity contribution in [3.8, 4) is 0 Å². The molecule has 6 N–H and O–H groups in total. The van der Waals surface area contributed by atoms with E-state index in [0.29, 0.717) is 0 Å². The molecule has 0 aliphatic heterocycles. The van der Waals surface area contributed by atoms with Crippen LogP contribution in [-0.4, -0.2) is 73.4 Å². The van der Waals surface area contributed by atoms with E-state index >= 15 is 0 Å². The predicted octanol–water partition coefficient (Wildman–Crippen LogP) is -3.76. The molecule has 0 aliphatic rings. The maximum Gasteiger partial charge on any atom is 0.397 e. The summed E-state index contributed by atoms with van der Waals surface area (Å²) in [5.74, 6) is 0. The molecular formula is C6H13NO11S2. The van der Waals surface area contributed by atoms with Gasteiger partial charge in [-0.3, -0.25) is 9.11 Å². The molecule has 4 atom stereocenters. The van der Waals surface area contributed by atoms with Crippen LogP contribution in [0.4, 0.5) is 0 Å². The summed E-state index contributed by atoms with van der Waals surface area (Å²) in [5.41, 5.74) is 5.06. The first kappa shape index (κ1) is 19.3. The first-order valence-corrected chi connectivity index (χ1v) is 7.45. The molecule has 14 heteroatoms. The van der Waals surface area contributed by atoms with Gasteiger partial charge in [0.25, 0.3) is 0 Å². The number of carbonyl (C=O) groups is 1. The summed E-state index contributed by atoms with van der Waals surface area (Å²) in [6, 6.07) is -1.71. The second kappa shape index (κ2) is 7.34. The van der Waals surface area contributed by atoms with E-state index in [1.807, 2.05) is 0 Å². The maximum atomic E-state index is 10.5. The van der Waals surface area contributed by atoms with Crippen molar-refractivity contribution in [2.45, 2.75) is 24.4 Å². The van der Waals surface area contributed by atoms with E-state index in [0.717, 1.165) is 0 Å². The molecule has 0 amide bonds. The third kappa shape index (κ3) is 7.78. The van der Waals surface area contributed by atoms with E-state index < -0.39 is 51.8 Å². The van der Waals surface area contributed by atoms with Gasteiger partial charge in [-0.1, -0.05) is 0 Å². The number of aliphatic hydroxyl groups excluding tert-OH is 2. The van der Waals surface area contributed by atoms with Crippen molar-refractivity contribution < 1.29 is 49.3 Å². The van der Waals surface area contributed by atoms with Gasteiger partial charge in [-0.2, -0.15) is 16.8 Å². The van der Waals surface area contributed by atoms with Crippen LogP contribution in [0.1, 0.15) is 0 Å². The van der Waals surface area contributed by atoms with Crippen LogP contribution in [0.5, 0.6) is 0 Å². The monoisotopic (exact) mass is 339 g/mol.